The molecule has 2 amide bonds. The first kappa shape index (κ1) is 20.0. The van der Waals surface area contributed by atoms with E-state index in [0.717, 1.165) is 5.56 Å². The molecule has 0 aliphatic heterocycles. The average Bonchev–Trinajstić information content (AvgIpc) is 3.27. The number of benzene rings is 2. The Morgan fingerprint density at radius 3 is 2.48 bits per heavy atom. The van der Waals surface area contributed by atoms with Gasteiger partial charge in [-0.3, -0.25) is 14.9 Å². The molecule has 146 valence electrons. The maximum Gasteiger partial charge on any atom is 0.331 e. The SMILES string of the molecule is O=C(COC(=O)/C=C/c1cccc(Oc2ccccc2)c1)NC(=O)c1cccs1. The molecule has 0 spiro atoms. The first-order chi connectivity index (χ1) is 14.1. The van der Waals surface area contributed by atoms with Crippen LogP contribution in [0.3, 0.4) is 0 Å². The van der Waals surface area contributed by atoms with Crippen LogP contribution in [0.15, 0.2) is 78.2 Å². The van der Waals surface area contributed by atoms with Gasteiger partial charge in [0.2, 0.25) is 0 Å². The number of carbonyl (C=O) groups excluding carboxylic acids is 3. The van der Waals surface area contributed by atoms with Gasteiger partial charge in [-0.25, -0.2) is 4.79 Å². The highest BCUT2D eigenvalue weighted by molar-refractivity contribution is 7.12. The summed E-state index contributed by atoms with van der Waals surface area (Å²) in [4.78, 5) is 35.7. The summed E-state index contributed by atoms with van der Waals surface area (Å²) in [5, 5.41) is 3.88. The van der Waals surface area contributed by atoms with Gasteiger partial charge in [0.05, 0.1) is 4.88 Å². The van der Waals surface area contributed by atoms with Crippen LogP contribution in [0.2, 0.25) is 0 Å². The minimum absolute atomic E-state index is 0.405. The van der Waals surface area contributed by atoms with Gasteiger partial charge in [0, 0.05) is 6.08 Å². The predicted octanol–water partition coefficient (Wildman–Crippen LogP) is 4.05. The third kappa shape index (κ3) is 6.44. The zero-order valence-corrected chi connectivity index (χ0v) is 16.1. The Morgan fingerprint density at radius 2 is 1.72 bits per heavy atom. The van der Waals surface area contributed by atoms with Crippen molar-refractivity contribution in [2.24, 2.45) is 0 Å². The quantitative estimate of drug-likeness (QED) is 0.472. The zero-order chi connectivity index (χ0) is 20.5. The Balaban J connectivity index is 1.48. The van der Waals surface area contributed by atoms with Crippen LogP contribution in [0.1, 0.15) is 15.2 Å². The van der Waals surface area contributed by atoms with Crippen LogP contribution in [-0.2, 0) is 14.3 Å². The van der Waals surface area contributed by atoms with Crippen LogP contribution >= 0.6 is 11.3 Å². The molecule has 0 radical (unpaired) electrons. The molecular weight excluding hydrogens is 390 g/mol. The highest BCUT2D eigenvalue weighted by Gasteiger charge is 2.12. The molecule has 0 saturated carbocycles. The Morgan fingerprint density at radius 1 is 0.931 bits per heavy atom. The fourth-order valence-corrected chi connectivity index (χ4v) is 2.91. The molecule has 0 unspecified atom stereocenters. The second-order valence-corrected chi connectivity index (χ2v) is 6.73. The molecular formula is C22H17NO5S. The lowest BCUT2D eigenvalue weighted by atomic mass is 10.2. The van der Waals surface area contributed by atoms with E-state index in [2.05, 4.69) is 5.32 Å². The number of hydrogen-bond acceptors (Lipinski definition) is 6. The van der Waals surface area contributed by atoms with Crippen molar-refractivity contribution in [3.63, 3.8) is 0 Å². The van der Waals surface area contributed by atoms with Crippen LogP contribution in [-0.4, -0.2) is 24.4 Å². The van der Waals surface area contributed by atoms with Crippen molar-refractivity contribution in [3.05, 3.63) is 88.6 Å². The fraction of sp³-hybridized carbons (Fsp3) is 0.0455. The number of para-hydroxylation sites is 1. The van der Waals surface area contributed by atoms with E-state index >= 15 is 0 Å². The Labute approximate surface area is 171 Å². The average molecular weight is 407 g/mol. The van der Waals surface area contributed by atoms with Crippen LogP contribution < -0.4 is 10.1 Å². The van der Waals surface area contributed by atoms with E-state index in [4.69, 9.17) is 9.47 Å². The van der Waals surface area contributed by atoms with Crippen molar-refractivity contribution in [2.45, 2.75) is 0 Å². The lowest BCUT2D eigenvalue weighted by Crippen LogP contribution is -2.33. The predicted molar refractivity (Wildman–Crippen MR) is 110 cm³/mol. The third-order valence-corrected chi connectivity index (χ3v) is 4.46. The second kappa shape index (κ2) is 10.0. The van der Waals surface area contributed by atoms with Crippen molar-refractivity contribution < 1.29 is 23.9 Å². The van der Waals surface area contributed by atoms with E-state index in [0.29, 0.717) is 16.4 Å². The Kier molecular flexibility index (Phi) is 6.91. The third-order valence-electron chi connectivity index (χ3n) is 3.59. The van der Waals surface area contributed by atoms with Gasteiger partial charge < -0.3 is 9.47 Å². The van der Waals surface area contributed by atoms with Crippen LogP contribution in [0.25, 0.3) is 6.08 Å². The van der Waals surface area contributed by atoms with E-state index in [1.54, 1.807) is 47.9 Å². The van der Waals surface area contributed by atoms with Crippen molar-refractivity contribution in [3.8, 4) is 11.5 Å². The summed E-state index contributed by atoms with van der Waals surface area (Å²) in [5.41, 5.74) is 0.729. The number of thiophene rings is 1. The molecule has 1 N–H and O–H groups in total. The van der Waals surface area contributed by atoms with Gasteiger partial charge in [0.15, 0.2) is 6.61 Å². The molecule has 0 atom stereocenters. The summed E-state index contributed by atoms with van der Waals surface area (Å²) in [5.74, 6) is -0.581. The molecule has 2 aromatic carbocycles. The standard InChI is InChI=1S/C22H17NO5S/c24-20(23-22(26)19-10-5-13-29-19)15-27-21(25)12-11-16-6-4-9-18(14-16)28-17-7-2-1-3-8-17/h1-14H,15H2,(H,23,24,26)/b12-11+. The Bertz CT molecular complexity index is 1010. The maximum absolute atomic E-state index is 11.8. The largest absolute Gasteiger partial charge is 0.457 e. The minimum atomic E-state index is -0.696. The lowest BCUT2D eigenvalue weighted by molar-refractivity contribution is -0.143. The van der Waals surface area contributed by atoms with Crippen molar-refractivity contribution >= 4 is 35.2 Å². The number of hydrogen-bond donors (Lipinski definition) is 1. The van der Waals surface area contributed by atoms with E-state index in [-0.39, 0.29) is 0 Å². The number of carbonyl (C=O) groups is 3. The number of amides is 2. The monoisotopic (exact) mass is 407 g/mol. The summed E-state index contributed by atoms with van der Waals surface area (Å²) in [6.45, 7) is -0.544. The van der Waals surface area contributed by atoms with Crippen LogP contribution in [0, 0.1) is 0 Å². The Hall–Kier alpha value is -3.71. The van der Waals surface area contributed by atoms with Crippen molar-refractivity contribution in [1.82, 2.24) is 5.32 Å². The van der Waals surface area contributed by atoms with Gasteiger partial charge in [-0.1, -0.05) is 36.4 Å². The first-order valence-electron chi connectivity index (χ1n) is 8.65. The molecule has 3 rings (SSSR count). The summed E-state index contributed by atoms with van der Waals surface area (Å²) in [6, 6.07) is 19.8. The number of esters is 1. The van der Waals surface area contributed by atoms with Gasteiger partial charge in [0.1, 0.15) is 11.5 Å². The van der Waals surface area contributed by atoms with Gasteiger partial charge in [0.25, 0.3) is 11.8 Å². The zero-order valence-electron chi connectivity index (χ0n) is 15.2. The molecule has 0 aliphatic carbocycles. The molecule has 0 saturated heterocycles. The number of ether oxygens (including phenoxy) is 2. The highest BCUT2D eigenvalue weighted by Crippen LogP contribution is 2.22. The van der Waals surface area contributed by atoms with Gasteiger partial charge in [-0.2, -0.15) is 0 Å². The molecule has 0 fully saturated rings. The molecule has 29 heavy (non-hydrogen) atoms. The molecule has 1 aromatic heterocycles. The lowest BCUT2D eigenvalue weighted by Gasteiger charge is -2.06. The van der Waals surface area contributed by atoms with E-state index in [1.807, 2.05) is 30.3 Å². The summed E-state index contributed by atoms with van der Waals surface area (Å²) in [6.07, 6.45) is 2.75. The van der Waals surface area contributed by atoms with Gasteiger partial charge in [-0.05, 0) is 47.4 Å². The normalized spacial score (nSPS) is 10.5. The summed E-state index contributed by atoms with van der Waals surface area (Å²) < 4.78 is 10.6. The number of imide groups is 1. The number of nitrogens with one attached hydrogen (secondary N) is 1. The number of rotatable bonds is 7. The van der Waals surface area contributed by atoms with Crippen LogP contribution in [0.4, 0.5) is 0 Å². The molecule has 1 heterocycles. The van der Waals surface area contributed by atoms with Crippen molar-refractivity contribution in [1.29, 1.82) is 0 Å². The van der Waals surface area contributed by atoms with Gasteiger partial charge in [-0.15, -0.1) is 11.3 Å². The summed E-state index contributed by atoms with van der Waals surface area (Å²) in [7, 11) is 0. The minimum Gasteiger partial charge on any atom is -0.457 e. The maximum atomic E-state index is 11.8. The van der Waals surface area contributed by atoms with E-state index in [1.165, 1.54) is 17.4 Å². The molecule has 3 aromatic rings. The molecule has 6 nitrogen and oxygen atoms in total. The second-order valence-electron chi connectivity index (χ2n) is 5.78. The van der Waals surface area contributed by atoms with Crippen molar-refractivity contribution in [2.75, 3.05) is 6.61 Å². The summed E-state index contributed by atoms with van der Waals surface area (Å²) >= 11 is 1.21. The fourth-order valence-electron chi connectivity index (χ4n) is 2.29. The molecule has 7 heteroatoms. The topological polar surface area (TPSA) is 81.7 Å². The molecule has 0 bridgehead atoms. The van der Waals surface area contributed by atoms with E-state index < -0.39 is 24.4 Å². The van der Waals surface area contributed by atoms with E-state index in [9.17, 15) is 14.4 Å². The highest BCUT2D eigenvalue weighted by atomic mass is 32.1. The first-order valence-corrected chi connectivity index (χ1v) is 9.53. The molecule has 0 aliphatic rings. The smallest absolute Gasteiger partial charge is 0.331 e. The van der Waals surface area contributed by atoms with Gasteiger partial charge >= 0.3 is 5.97 Å². The van der Waals surface area contributed by atoms with Crippen LogP contribution in [0.5, 0.6) is 11.5 Å².